The summed E-state index contributed by atoms with van der Waals surface area (Å²) in [6, 6.07) is 11.6. The Morgan fingerprint density at radius 1 is 1.21 bits per heavy atom. The Balaban J connectivity index is 1.87. The summed E-state index contributed by atoms with van der Waals surface area (Å²) in [7, 11) is 0. The molecule has 0 bridgehead atoms. The Labute approximate surface area is 169 Å². The molecule has 6 nitrogen and oxygen atoms in total. The molecule has 0 saturated carbocycles. The topological polar surface area (TPSA) is 99.0 Å². The number of phenols is 1. The maximum Gasteiger partial charge on any atom is 0.344 e. The zero-order valence-electron chi connectivity index (χ0n) is 15.9. The summed E-state index contributed by atoms with van der Waals surface area (Å²) in [4.78, 5) is 11.1. The van der Waals surface area contributed by atoms with E-state index in [0.717, 1.165) is 11.1 Å². The molecule has 0 aromatic heterocycles. The molecule has 0 amide bonds. The molecule has 4 N–H and O–H groups in total. The maximum absolute atomic E-state index is 11.1. The van der Waals surface area contributed by atoms with Crippen LogP contribution in [0.15, 0.2) is 42.5 Å². The molecular formula is C21H26ClNO5. The zero-order valence-corrected chi connectivity index (χ0v) is 16.7. The van der Waals surface area contributed by atoms with Crippen LogP contribution in [0.1, 0.15) is 37.5 Å². The molecule has 28 heavy (non-hydrogen) atoms. The summed E-state index contributed by atoms with van der Waals surface area (Å²) in [5, 5.41) is 32.4. The number of carboxylic acids is 1. The van der Waals surface area contributed by atoms with Crippen molar-refractivity contribution in [1.82, 2.24) is 5.32 Å². The third-order valence-corrected chi connectivity index (χ3v) is 4.80. The second kappa shape index (κ2) is 10.3. The minimum absolute atomic E-state index is 0.162. The van der Waals surface area contributed by atoms with Gasteiger partial charge in [-0.25, -0.2) is 4.79 Å². The monoisotopic (exact) mass is 407 g/mol. The number of aliphatic hydroxyl groups excluding tert-OH is 1. The molecule has 0 aliphatic rings. The quantitative estimate of drug-likeness (QED) is 0.480. The average molecular weight is 408 g/mol. The van der Waals surface area contributed by atoms with Crippen molar-refractivity contribution >= 4 is 17.6 Å². The smallest absolute Gasteiger partial charge is 0.344 e. The van der Waals surface area contributed by atoms with E-state index in [1.165, 1.54) is 0 Å². The lowest BCUT2D eigenvalue weighted by atomic mass is 10.0. The summed E-state index contributed by atoms with van der Waals surface area (Å²) in [6.07, 6.45) is -0.587. The normalized spacial score (nSPS) is 14.3. The Hall–Kier alpha value is -2.28. The number of phenolic OH excluding ortho intramolecular Hbond substituents is 1. The van der Waals surface area contributed by atoms with Crippen LogP contribution >= 0.6 is 11.6 Å². The van der Waals surface area contributed by atoms with Crippen LogP contribution in [0.4, 0.5) is 0 Å². The number of nitrogens with one attached hydrogen (secondary N) is 1. The van der Waals surface area contributed by atoms with Crippen molar-refractivity contribution in [3.63, 3.8) is 0 Å². The summed E-state index contributed by atoms with van der Waals surface area (Å²) < 4.78 is 5.44. The van der Waals surface area contributed by atoms with Crippen molar-refractivity contribution in [2.75, 3.05) is 6.54 Å². The van der Waals surface area contributed by atoms with Crippen molar-refractivity contribution in [3.8, 4) is 11.5 Å². The maximum atomic E-state index is 11.1. The molecule has 152 valence electrons. The number of rotatable bonds is 10. The number of aliphatic hydroxyl groups is 1. The number of hydrogen-bond acceptors (Lipinski definition) is 5. The SMILES string of the molecule is CCC(Oc1ccc(CCN[C@@H](C)[C@H](O)c2ccc(O)cc2)cc1Cl)C(=O)O. The Kier molecular flexibility index (Phi) is 8.11. The van der Waals surface area contributed by atoms with Crippen LogP contribution in [0.25, 0.3) is 0 Å². The molecule has 0 aliphatic heterocycles. The molecule has 7 heteroatoms. The summed E-state index contributed by atoms with van der Waals surface area (Å²) in [5.74, 6) is -0.508. The Morgan fingerprint density at radius 2 is 1.89 bits per heavy atom. The second-order valence-electron chi connectivity index (χ2n) is 6.65. The number of carboxylic acid groups (broad SMARTS) is 1. The number of halogens is 1. The first-order valence-electron chi connectivity index (χ1n) is 9.20. The van der Waals surface area contributed by atoms with E-state index in [-0.39, 0.29) is 11.8 Å². The van der Waals surface area contributed by atoms with Crippen molar-refractivity contribution in [2.45, 2.75) is 44.9 Å². The summed E-state index contributed by atoms with van der Waals surface area (Å²) in [5.41, 5.74) is 1.70. The fourth-order valence-corrected chi connectivity index (χ4v) is 3.02. The number of ether oxygens (including phenoxy) is 1. The van der Waals surface area contributed by atoms with E-state index in [9.17, 15) is 15.0 Å². The Morgan fingerprint density at radius 3 is 2.46 bits per heavy atom. The highest BCUT2D eigenvalue weighted by Crippen LogP contribution is 2.27. The molecule has 0 heterocycles. The van der Waals surface area contributed by atoms with E-state index in [2.05, 4.69) is 5.32 Å². The minimum atomic E-state index is -1.02. The molecule has 0 saturated heterocycles. The number of aliphatic carboxylic acids is 1. The van der Waals surface area contributed by atoms with Gasteiger partial charge in [0.15, 0.2) is 6.10 Å². The van der Waals surface area contributed by atoms with Gasteiger partial charge in [-0.2, -0.15) is 0 Å². The van der Waals surface area contributed by atoms with Gasteiger partial charge in [0.25, 0.3) is 0 Å². The minimum Gasteiger partial charge on any atom is -0.508 e. The first-order valence-corrected chi connectivity index (χ1v) is 9.57. The van der Waals surface area contributed by atoms with Gasteiger partial charge in [0, 0.05) is 6.04 Å². The standard InChI is InChI=1S/C21H26ClNO5/c1-3-18(21(26)27)28-19-9-4-14(12-17(19)22)10-11-23-13(2)20(25)15-5-7-16(24)8-6-15/h4-9,12-13,18,20,23-25H,3,10-11H2,1-2H3,(H,26,27)/t13-,18?,20-/m0/s1. The van der Waals surface area contributed by atoms with Crippen LogP contribution < -0.4 is 10.1 Å². The third kappa shape index (κ3) is 6.12. The first-order chi connectivity index (χ1) is 13.3. The number of carbonyl (C=O) groups is 1. The first kappa shape index (κ1) is 22.0. The zero-order chi connectivity index (χ0) is 20.7. The Bertz CT molecular complexity index is 781. The molecule has 0 aliphatic carbocycles. The van der Waals surface area contributed by atoms with Crippen molar-refractivity contribution in [3.05, 3.63) is 58.6 Å². The van der Waals surface area contributed by atoms with Gasteiger partial charge in [-0.05, 0) is 61.7 Å². The number of aromatic hydroxyl groups is 1. The van der Waals surface area contributed by atoms with Gasteiger partial charge in [-0.1, -0.05) is 36.7 Å². The van der Waals surface area contributed by atoms with Crippen LogP contribution in [-0.4, -0.2) is 40.0 Å². The van der Waals surface area contributed by atoms with Crippen LogP contribution in [-0.2, 0) is 11.2 Å². The molecule has 0 fully saturated rings. The lowest BCUT2D eigenvalue weighted by Crippen LogP contribution is -2.33. The van der Waals surface area contributed by atoms with Gasteiger partial charge in [-0.15, -0.1) is 0 Å². The van der Waals surface area contributed by atoms with E-state index < -0.39 is 18.2 Å². The predicted molar refractivity (Wildman–Crippen MR) is 108 cm³/mol. The molecule has 0 radical (unpaired) electrons. The van der Waals surface area contributed by atoms with E-state index >= 15 is 0 Å². The highest BCUT2D eigenvalue weighted by molar-refractivity contribution is 6.32. The summed E-state index contributed by atoms with van der Waals surface area (Å²) in [6.45, 7) is 4.25. The molecule has 2 aromatic rings. The van der Waals surface area contributed by atoms with Crippen molar-refractivity contribution < 1.29 is 24.9 Å². The molecule has 2 aromatic carbocycles. The molecule has 2 rings (SSSR count). The van der Waals surface area contributed by atoms with Crippen LogP contribution in [0, 0.1) is 0 Å². The lowest BCUT2D eigenvalue weighted by Gasteiger charge is -2.21. The second-order valence-corrected chi connectivity index (χ2v) is 7.05. The van der Waals surface area contributed by atoms with Crippen molar-refractivity contribution in [2.24, 2.45) is 0 Å². The highest BCUT2D eigenvalue weighted by Gasteiger charge is 2.18. The van der Waals surface area contributed by atoms with Gasteiger partial charge >= 0.3 is 5.97 Å². The fourth-order valence-electron chi connectivity index (χ4n) is 2.77. The van der Waals surface area contributed by atoms with Gasteiger partial charge in [0.2, 0.25) is 0 Å². The van der Waals surface area contributed by atoms with Crippen molar-refractivity contribution in [1.29, 1.82) is 0 Å². The fraction of sp³-hybridized carbons (Fsp3) is 0.381. The van der Waals surface area contributed by atoms with E-state index in [1.54, 1.807) is 43.3 Å². The van der Waals surface area contributed by atoms with Gasteiger partial charge in [0.05, 0.1) is 11.1 Å². The molecule has 3 atom stereocenters. The lowest BCUT2D eigenvalue weighted by molar-refractivity contribution is -0.145. The van der Waals surface area contributed by atoms with Crippen LogP contribution in [0.5, 0.6) is 11.5 Å². The number of benzene rings is 2. The van der Waals surface area contributed by atoms with E-state index in [4.69, 9.17) is 21.4 Å². The van der Waals surface area contributed by atoms with Gasteiger partial charge in [0.1, 0.15) is 11.5 Å². The average Bonchev–Trinajstić information content (AvgIpc) is 2.67. The van der Waals surface area contributed by atoms with Crippen LogP contribution in [0.3, 0.4) is 0 Å². The molecular weight excluding hydrogens is 382 g/mol. The largest absolute Gasteiger partial charge is 0.508 e. The molecule has 1 unspecified atom stereocenters. The van der Waals surface area contributed by atoms with E-state index in [0.29, 0.717) is 30.2 Å². The van der Waals surface area contributed by atoms with Gasteiger partial charge in [-0.3, -0.25) is 0 Å². The van der Waals surface area contributed by atoms with E-state index in [1.807, 2.05) is 13.0 Å². The predicted octanol–water partition coefficient (Wildman–Crippen LogP) is 3.54. The number of hydrogen-bond donors (Lipinski definition) is 4. The summed E-state index contributed by atoms with van der Waals surface area (Å²) >= 11 is 6.22. The van der Waals surface area contributed by atoms with Crippen LogP contribution in [0.2, 0.25) is 5.02 Å². The highest BCUT2D eigenvalue weighted by atomic mass is 35.5. The molecule has 0 spiro atoms. The van der Waals surface area contributed by atoms with Gasteiger partial charge < -0.3 is 25.4 Å². The third-order valence-electron chi connectivity index (χ3n) is 4.50.